The highest BCUT2D eigenvalue weighted by Crippen LogP contribution is 2.30. The first-order chi connectivity index (χ1) is 7.99. The average molecular weight is 239 g/mol. The lowest BCUT2D eigenvalue weighted by molar-refractivity contribution is 0.0673. The molecule has 0 spiro atoms. The molecule has 2 heterocycles. The zero-order valence-electron chi connectivity index (χ0n) is 12.0. The van der Waals surface area contributed by atoms with E-state index in [1.54, 1.807) is 0 Å². The van der Waals surface area contributed by atoms with Crippen molar-refractivity contribution >= 4 is 0 Å². The predicted molar refractivity (Wildman–Crippen MR) is 73.3 cm³/mol. The van der Waals surface area contributed by atoms with Gasteiger partial charge in [0.15, 0.2) is 0 Å². The molecule has 0 aromatic carbocycles. The van der Waals surface area contributed by atoms with Gasteiger partial charge in [0.05, 0.1) is 0 Å². The number of nitrogens with one attached hydrogen (secondary N) is 1. The quantitative estimate of drug-likeness (QED) is 0.786. The van der Waals surface area contributed by atoms with Crippen molar-refractivity contribution in [3.63, 3.8) is 0 Å². The summed E-state index contributed by atoms with van der Waals surface area (Å²) in [6.07, 6.45) is 2.70. The number of hydrogen-bond acceptors (Lipinski definition) is 3. The fourth-order valence-corrected chi connectivity index (χ4v) is 3.13. The van der Waals surface area contributed by atoms with Crippen LogP contribution in [-0.4, -0.2) is 61.7 Å². The van der Waals surface area contributed by atoms with Crippen LogP contribution in [-0.2, 0) is 0 Å². The van der Waals surface area contributed by atoms with E-state index in [1.807, 2.05) is 0 Å². The standard InChI is InChI=1S/C14H29N3/c1-12-10-17(9-8-16(12)4)11-13-14(2,3)6-5-7-15-13/h12-13,15H,5-11H2,1-4H3. The lowest BCUT2D eigenvalue weighted by atomic mass is 9.77. The maximum Gasteiger partial charge on any atom is 0.0246 e. The maximum atomic E-state index is 3.73. The van der Waals surface area contributed by atoms with Crippen LogP contribution in [0.2, 0.25) is 0 Å². The van der Waals surface area contributed by atoms with Crippen molar-refractivity contribution in [2.45, 2.75) is 45.7 Å². The minimum absolute atomic E-state index is 0.463. The van der Waals surface area contributed by atoms with Crippen molar-refractivity contribution in [1.29, 1.82) is 0 Å². The third-order valence-electron chi connectivity index (χ3n) is 4.82. The molecule has 0 aromatic heterocycles. The number of hydrogen-bond donors (Lipinski definition) is 1. The SMILES string of the molecule is CC1CN(CC2NCCCC2(C)C)CCN1C. The summed E-state index contributed by atoms with van der Waals surface area (Å²) >= 11 is 0. The largest absolute Gasteiger partial charge is 0.312 e. The second-order valence-electron chi connectivity index (χ2n) is 6.69. The van der Waals surface area contributed by atoms with Gasteiger partial charge in [0.1, 0.15) is 0 Å². The summed E-state index contributed by atoms with van der Waals surface area (Å²) in [6.45, 7) is 13.3. The number of likely N-dealkylation sites (N-methyl/N-ethyl adjacent to an activating group) is 1. The Balaban J connectivity index is 1.88. The van der Waals surface area contributed by atoms with Gasteiger partial charge < -0.3 is 10.2 Å². The van der Waals surface area contributed by atoms with Gasteiger partial charge in [0, 0.05) is 38.3 Å². The highest BCUT2D eigenvalue weighted by atomic mass is 15.3. The molecule has 0 saturated carbocycles. The van der Waals surface area contributed by atoms with Crippen LogP contribution >= 0.6 is 0 Å². The molecule has 17 heavy (non-hydrogen) atoms. The van der Waals surface area contributed by atoms with E-state index >= 15 is 0 Å². The van der Waals surface area contributed by atoms with Crippen molar-refractivity contribution < 1.29 is 0 Å². The Bertz CT molecular complexity index is 252. The van der Waals surface area contributed by atoms with Gasteiger partial charge in [-0.15, -0.1) is 0 Å². The predicted octanol–water partition coefficient (Wildman–Crippen LogP) is 1.40. The fourth-order valence-electron chi connectivity index (χ4n) is 3.13. The van der Waals surface area contributed by atoms with Crippen molar-refractivity contribution in [2.75, 3.05) is 39.8 Å². The van der Waals surface area contributed by atoms with Crippen LogP contribution in [0.5, 0.6) is 0 Å². The highest BCUT2D eigenvalue weighted by Gasteiger charge is 2.34. The van der Waals surface area contributed by atoms with Crippen LogP contribution in [0.15, 0.2) is 0 Å². The van der Waals surface area contributed by atoms with E-state index < -0.39 is 0 Å². The molecule has 0 amide bonds. The maximum absolute atomic E-state index is 3.73. The van der Waals surface area contributed by atoms with Crippen LogP contribution in [0.25, 0.3) is 0 Å². The van der Waals surface area contributed by atoms with Gasteiger partial charge in [-0.05, 0) is 38.8 Å². The molecule has 2 unspecified atom stereocenters. The van der Waals surface area contributed by atoms with E-state index in [0.717, 1.165) is 0 Å². The van der Waals surface area contributed by atoms with Gasteiger partial charge in [-0.3, -0.25) is 4.90 Å². The van der Waals surface area contributed by atoms with E-state index in [4.69, 9.17) is 0 Å². The number of nitrogens with zero attached hydrogens (tertiary/aromatic N) is 2. The molecule has 2 aliphatic heterocycles. The summed E-state index contributed by atoms with van der Waals surface area (Å²) in [5.74, 6) is 0. The van der Waals surface area contributed by atoms with E-state index in [9.17, 15) is 0 Å². The zero-order valence-corrected chi connectivity index (χ0v) is 12.0. The van der Waals surface area contributed by atoms with Gasteiger partial charge in [0.2, 0.25) is 0 Å². The lowest BCUT2D eigenvalue weighted by Crippen LogP contribution is -2.57. The molecule has 2 aliphatic rings. The molecule has 0 aliphatic carbocycles. The Hall–Kier alpha value is -0.120. The van der Waals surface area contributed by atoms with Gasteiger partial charge in [-0.2, -0.15) is 0 Å². The molecule has 0 radical (unpaired) electrons. The summed E-state index contributed by atoms with van der Waals surface area (Å²) in [4.78, 5) is 5.12. The first-order valence-corrected chi connectivity index (χ1v) is 7.15. The third-order valence-corrected chi connectivity index (χ3v) is 4.82. The number of rotatable bonds is 2. The van der Waals surface area contributed by atoms with E-state index in [1.165, 1.54) is 45.6 Å². The Labute approximate surface area is 107 Å². The van der Waals surface area contributed by atoms with Crippen LogP contribution in [0.4, 0.5) is 0 Å². The molecular formula is C14H29N3. The minimum atomic E-state index is 0.463. The van der Waals surface area contributed by atoms with Gasteiger partial charge in [-0.1, -0.05) is 13.8 Å². The molecule has 1 N–H and O–H groups in total. The Morgan fingerprint density at radius 1 is 1.29 bits per heavy atom. The second-order valence-corrected chi connectivity index (χ2v) is 6.69. The van der Waals surface area contributed by atoms with Gasteiger partial charge in [0.25, 0.3) is 0 Å². The van der Waals surface area contributed by atoms with Crippen LogP contribution < -0.4 is 5.32 Å². The van der Waals surface area contributed by atoms with E-state index in [2.05, 4.69) is 42.9 Å². The summed E-state index contributed by atoms with van der Waals surface area (Å²) in [6, 6.07) is 1.38. The average Bonchev–Trinajstić information content (AvgIpc) is 2.26. The normalized spacial score (nSPS) is 36.0. The molecule has 2 saturated heterocycles. The molecule has 3 nitrogen and oxygen atoms in total. The Morgan fingerprint density at radius 3 is 2.71 bits per heavy atom. The summed E-state index contributed by atoms with van der Waals surface area (Å²) in [5.41, 5.74) is 0.463. The van der Waals surface area contributed by atoms with Crippen molar-refractivity contribution in [2.24, 2.45) is 5.41 Å². The summed E-state index contributed by atoms with van der Waals surface area (Å²) < 4.78 is 0. The van der Waals surface area contributed by atoms with Crippen molar-refractivity contribution in [3.05, 3.63) is 0 Å². The van der Waals surface area contributed by atoms with Crippen LogP contribution in [0.3, 0.4) is 0 Å². The van der Waals surface area contributed by atoms with Crippen molar-refractivity contribution in [1.82, 2.24) is 15.1 Å². The molecule has 100 valence electrons. The minimum Gasteiger partial charge on any atom is -0.312 e. The van der Waals surface area contributed by atoms with E-state index in [0.29, 0.717) is 17.5 Å². The number of piperidine rings is 1. The lowest BCUT2D eigenvalue weighted by Gasteiger charge is -2.45. The fraction of sp³-hybridized carbons (Fsp3) is 1.00. The Morgan fingerprint density at radius 2 is 2.06 bits per heavy atom. The second kappa shape index (κ2) is 5.25. The van der Waals surface area contributed by atoms with Crippen molar-refractivity contribution in [3.8, 4) is 0 Å². The molecule has 0 aromatic rings. The molecule has 2 fully saturated rings. The first-order valence-electron chi connectivity index (χ1n) is 7.15. The first kappa shape index (κ1) is 13.3. The Kier molecular flexibility index (Phi) is 4.11. The number of piperazine rings is 1. The molecule has 2 atom stereocenters. The van der Waals surface area contributed by atoms with Crippen LogP contribution in [0.1, 0.15) is 33.6 Å². The molecule has 2 rings (SSSR count). The van der Waals surface area contributed by atoms with Gasteiger partial charge >= 0.3 is 0 Å². The smallest absolute Gasteiger partial charge is 0.0246 e. The summed E-state index contributed by atoms with van der Waals surface area (Å²) in [5, 5.41) is 3.73. The molecule has 3 heteroatoms. The molecule has 0 bridgehead atoms. The topological polar surface area (TPSA) is 18.5 Å². The molecular weight excluding hydrogens is 210 g/mol. The monoisotopic (exact) mass is 239 g/mol. The zero-order chi connectivity index (χ0) is 12.5. The van der Waals surface area contributed by atoms with Gasteiger partial charge in [-0.25, -0.2) is 0 Å². The third kappa shape index (κ3) is 3.21. The summed E-state index contributed by atoms with van der Waals surface area (Å²) in [7, 11) is 2.24. The van der Waals surface area contributed by atoms with Crippen LogP contribution in [0, 0.1) is 5.41 Å². The van der Waals surface area contributed by atoms with E-state index in [-0.39, 0.29) is 0 Å². The highest BCUT2D eigenvalue weighted by molar-refractivity contribution is 4.91.